The van der Waals surface area contributed by atoms with Crippen LogP contribution in [0.2, 0.25) is 0 Å². The van der Waals surface area contributed by atoms with Gasteiger partial charge in [-0.05, 0) is 61.5 Å². The average Bonchev–Trinajstić information content (AvgIpc) is 3.25. The van der Waals surface area contributed by atoms with E-state index in [0.717, 1.165) is 11.3 Å². The van der Waals surface area contributed by atoms with Gasteiger partial charge >= 0.3 is 11.9 Å². The number of benzene rings is 3. The minimum absolute atomic E-state index is 0.112. The number of ether oxygens (including phenoxy) is 2. The summed E-state index contributed by atoms with van der Waals surface area (Å²) in [7, 11) is -2.52. The second kappa shape index (κ2) is 11.4. The van der Waals surface area contributed by atoms with Crippen LogP contribution in [0.1, 0.15) is 27.6 Å². The Hall–Kier alpha value is -4.29. The number of rotatable bonds is 8. The van der Waals surface area contributed by atoms with E-state index < -0.39 is 27.9 Å². The van der Waals surface area contributed by atoms with Crippen molar-refractivity contribution < 1.29 is 32.3 Å². The van der Waals surface area contributed by atoms with Gasteiger partial charge in [-0.1, -0.05) is 29.5 Å². The van der Waals surface area contributed by atoms with E-state index in [9.17, 15) is 22.8 Å². The fraction of sp³-hybridized carbons (Fsp3) is 0.154. The molecule has 12 heteroatoms. The van der Waals surface area contributed by atoms with Crippen LogP contribution in [0.5, 0.6) is 0 Å². The van der Waals surface area contributed by atoms with Crippen LogP contribution in [0.3, 0.4) is 0 Å². The highest BCUT2D eigenvalue weighted by Crippen LogP contribution is 2.21. The van der Waals surface area contributed by atoms with Crippen LogP contribution in [0, 0.1) is 0 Å². The van der Waals surface area contributed by atoms with E-state index in [1.165, 1.54) is 48.1 Å². The van der Waals surface area contributed by atoms with Gasteiger partial charge in [0.05, 0.1) is 34.4 Å². The van der Waals surface area contributed by atoms with Crippen molar-refractivity contribution in [3.8, 4) is 0 Å². The Morgan fingerprint density at radius 1 is 0.974 bits per heavy atom. The number of anilines is 1. The smallest absolute Gasteiger partial charge is 0.338 e. The molecule has 1 aromatic heterocycles. The van der Waals surface area contributed by atoms with Gasteiger partial charge in [0.15, 0.2) is 4.80 Å². The number of fused-ring (bicyclic) bond motifs is 1. The lowest BCUT2D eigenvalue weighted by Gasteiger charge is -2.08. The van der Waals surface area contributed by atoms with Gasteiger partial charge in [0.25, 0.3) is 15.9 Å². The maximum absolute atomic E-state index is 13.0. The van der Waals surface area contributed by atoms with Crippen molar-refractivity contribution >= 4 is 55.1 Å². The zero-order valence-corrected chi connectivity index (χ0v) is 22.0. The number of thiazole rings is 1. The van der Waals surface area contributed by atoms with Crippen molar-refractivity contribution in [3.63, 3.8) is 0 Å². The molecule has 196 valence electrons. The monoisotopic (exact) mass is 553 g/mol. The molecule has 0 saturated heterocycles. The van der Waals surface area contributed by atoms with Crippen molar-refractivity contribution in [2.45, 2.75) is 18.4 Å². The molecule has 1 amide bonds. The fourth-order valence-electron chi connectivity index (χ4n) is 3.49. The SMILES string of the molecule is CCOC(=O)c1ccc2c(c1)sc(=NC(=O)c1ccc(NS(=O)(=O)c3ccccc3)cc1)n2CC(=O)OC. The lowest BCUT2D eigenvalue weighted by Crippen LogP contribution is -2.22. The molecule has 10 nitrogen and oxygen atoms in total. The molecule has 0 aliphatic carbocycles. The number of carbonyl (C=O) groups excluding carboxylic acids is 3. The minimum Gasteiger partial charge on any atom is -0.468 e. The molecular weight excluding hydrogens is 530 g/mol. The van der Waals surface area contributed by atoms with Crippen LogP contribution in [0.4, 0.5) is 5.69 Å². The van der Waals surface area contributed by atoms with Gasteiger partial charge in [-0.15, -0.1) is 0 Å². The molecule has 1 N–H and O–H groups in total. The molecule has 0 atom stereocenters. The summed E-state index contributed by atoms with van der Waals surface area (Å²) in [6.45, 7) is 1.74. The molecule has 1 heterocycles. The van der Waals surface area contributed by atoms with Crippen LogP contribution < -0.4 is 9.52 Å². The van der Waals surface area contributed by atoms with Crippen molar-refractivity contribution in [2.75, 3.05) is 18.4 Å². The number of aromatic nitrogens is 1. The number of hydrogen-bond donors (Lipinski definition) is 1. The van der Waals surface area contributed by atoms with Gasteiger partial charge in [0.1, 0.15) is 6.54 Å². The molecule has 0 aliphatic heterocycles. The summed E-state index contributed by atoms with van der Waals surface area (Å²) in [6, 6.07) is 18.6. The molecule has 4 rings (SSSR count). The summed E-state index contributed by atoms with van der Waals surface area (Å²) in [5, 5.41) is 0. The lowest BCUT2D eigenvalue weighted by molar-refractivity contribution is -0.141. The number of methoxy groups -OCH3 is 1. The van der Waals surface area contributed by atoms with E-state index in [0.29, 0.717) is 15.8 Å². The fourth-order valence-corrected chi connectivity index (χ4v) is 5.64. The Morgan fingerprint density at radius 2 is 1.66 bits per heavy atom. The molecule has 0 radical (unpaired) electrons. The molecule has 0 unspecified atom stereocenters. The Labute approximate surface area is 222 Å². The van der Waals surface area contributed by atoms with Crippen LogP contribution >= 0.6 is 11.3 Å². The van der Waals surface area contributed by atoms with Gasteiger partial charge < -0.3 is 14.0 Å². The molecule has 4 aromatic rings. The Morgan fingerprint density at radius 3 is 2.32 bits per heavy atom. The largest absolute Gasteiger partial charge is 0.468 e. The highest BCUT2D eigenvalue weighted by molar-refractivity contribution is 7.92. The van der Waals surface area contributed by atoms with Crippen LogP contribution in [-0.2, 0) is 30.8 Å². The van der Waals surface area contributed by atoms with Crippen molar-refractivity contribution in [3.05, 3.63) is 88.7 Å². The number of sulfonamides is 1. The summed E-state index contributed by atoms with van der Waals surface area (Å²) in [5.41, 5.74) is 1.41. The Bertz CT molecular complexity index is 1670. The maximum Gasteiger partial charge on any atom is 0.338 e. The molecule has 0 fully saturated rings. The summed E-state index contributed by atoms with van der Waals surface area (Å²) in [4.78, 5) is 41.7. The Kier molecular flexibility index (Phi) is 8.03. The van der Waals surface area contributed by atoms with Gasteiger partial charge in [-0.3, -0.25) is 14.3 Å². The Balaban J connectivity index is 1.65. The van der Waals surface area contributed by atoms with Crippen LogP contribution in [-0.4, -0.2) is 44.5 Å². The molecule has 0 bridgehead atoms. The third-order valence-corrected chi connectivity index (χ3v) is 7.78. The standard InChI is InChI=1S/C26H23N3O7S2/c1-3-36-25(32)18-11-14-21-22(15-18)37-26(29(21)16-23(30)35-2)27-24(31)17-9-12-19(13-10-17)28-38(33,34)20-7-5-4-6-8-20/h4-15,28H,3,16H2,1-2H3. The first-order valence-electron chi connectivity index (χ1n) is 11.4. The predicted molar refractivity (Wildman–Crippen MR) is 141 cm³/mol. The third kappa shape index (κ3) is 5.98. The number of nitrogens with zero attached hydrogens (tertiary/aromatic N) is 2. The first-order chi connectivity index (χ1) is 18.2. The zero-order valence-electron chi connectivity index (χ0n) is 20.4. The number of hydrogen-bond acceptors (Lipinski definition) is 8. The third-order valence-electron chi connectivity index (χ3n) is 5.34. The topological polar surface area (TPSA) is 133 Å². The molecule has 0 aliphatic rings. The quantitative estimate of drug-likeness (QED) is 0.330. The van der Waals surface area contributed by atoms with E-state index in [2.05, 4.69) is 9.71 Å². The summed E-state index contributed by atoms with van der Waals surface area (Å²) >= 11 is 1.13. The number of amides is 1. The highest BCUT2D eigenvalue weighted by Gasteiger charge is 2.16. The normalized spacial score (nSPS) is 11.8. The van der Waals surface area contributed by atoms with Crippen molar-refractivity contribution in [2.24, 2.45) is 4.99 Å². The van der Waals surface area contributed by atoms with E-state index in [1.54, 1.807) is 43.3 Å². The molecule has 0 spiro atoms. The van der Waals surface area contributed by atoms with Crippen molar-refractivity contribution in [1.29, 1.82) is 0 Å². The highest BCUT2D eigenvalue weighted by atomic mass is 32.2. The van der Waals surface area contributed by atoms with Crippen LogP contribution in [0.25, 0.3) is 10.2 Å². The minimum atomic E-state index is -3.78. The average molecular weight is 554 g/mol. The number of carbonyl (C=O) groups is 3. The van der Waals surface area contributed by atoms with Gasteiger partial charge in [-0.2, -0.15) is 4.99 Å². The number of esters is 2. The zero-order chi connectivity index (χ0) is 27.3. The van der Waals surface area contributed by atoms with Gasteiger partial charge in [0.2, 0.25) is 0 Å². The van der Waals surface area contributed by atoms with Gasteiger partial charge in [-0.25, -0.2) is 13.2 Å². The molecular formula is C26H23N3O7S2. The van der Waals surface area contributed by atoms with E-state index in [-0.39, 0.29) is 34.1 Å². The summed E-state index contributed by atoms with van der Waals surface area (Å²) in [6.07, 6.45) is 0. The van der Waals surface area contributed by atoms with E-state index >= 15 is 0 Å². The van der Waals surface area contributed by atoms with Gasteiger partial charge in [0, 0.05) is 11.3 Å². The first kappa shape index (κ1) is 26.8. The second-order valence-corrected chi connectivity index (χ2v) is 10.6. The second-order valence-electron chi connectivity index (χ2n) is 7.86. The predicted octanol–water partition coefficient (Wildman–Crippen LogP) is 3.59. The van der Waals surface area contributed by atoms with Crippen molar-refractivity contribution in [1.82, 2.24) is 4.57 Å². The summed E-state index contributed by atoms with van der Waals surface area (Å²) < 4.78 is 39.5. The number of nitrogens with one attached hydrogen (secondary N) is 1. The van der Waals surface area contributed by atoms with E-state index in [4.69, 9.17) is 9.47 Å². The first-order valence-corrected chi connectivity index (χ1v) is 13.7. The van der Waals surface area contributed by atoms with Crippen LogP contribution in [0.15, 0.2) is 82.7 Å². The lowest BCUT2D eigenvalue weighted by atomic mass is 10.2. The molecule has 0 saturated carbocycles. The maximum atomic E-state index is 13.0. The molecule has 3 aromatic carbocycles. The van der Waals surface area contributed by atoms with E-state index in [1.807, 2.05) is 0 Å². The molecule has 38 heavy (non-hydrogen) atoms. The summed E-state index contributed by atoms with van der Waals surface area (Å²) in [5.74, 6) is -1.62.